The average Bonchev–Trinajstić information content (AvgIpc) is 3.31. The van der Waals surface area contributed by atoms with Gasteiger partial charge in [-0.3, -0.25) is 19.4 Å². The average molecular weight is 494 g/mol. The SMILES string of the molecule is COc1cccc(COC2CN(Cc3ccccn3)C(=O)CN(C(=O)c3csc(C(C)=O)c3)C2)c1. The van der Waals surface area contributed by atoms with E-state index in [2.05, 4.69) is 4.98 Å². The molecule has 1 aliphatic heterocycles. The topological polar surface area (TPSA) is 89.0 Å². The molecule has 1 aromatic carbocycles. The quantitative estimate of drug-likeness (QED) is 0.447. The van der Waals surface area contributed by atoms with Crippen LogP contribution in [-0.4, -0.2) is 65.2 Å². The number of methoxy groups -OCH3 is 1. The number of carbonyl (C=O) groups is 3. The molecule has 0 bridgehead atoms. The molecule has 4 rings (SSSR count). The molecule has 8 nitrogen and oxygen atoms in total. The summed E-state index contributed by atoms with van der Waals surface area (Å²) >= 11 is 1.23. The molecule has 0 saturated carbocycles. The van der Waals surface area contributed by atoms with E-state index in [1.165, 1.54) is 23.2 Å². The van der Waals surface area contributed by atoms with Gasteiger partial charge in [0.25, 0.3) is 5.91 Å². The standard InChI is InChI=1S/C26H27N3O5S/c1-18(30)24-11-20(17-35-24)26(32)29-14-23(34-16-19-6-5-8-22(10-19)33-2)13-28(25(31)15-29)12-21-7-3-4-9-27-21/h3-11,17,23H,12-16H2,1-2H3. The zero-order chi connectivity index (χ0) is 24.8. The molecule has 3 heterocycles. The van der Waals surface area contributed by atoms with Crippen molar-refractivity contribution in [1.82, 2.24) is 14.8 Å². The fourth-order valence-electron chi connectivity index (χ4n) is 3.87. The van der Waals surface area contributed by atoms with Crippen LogP contribution < -0.4 is 4.74 Å². The minimum atomic E-state index is -0.411. The highest BCUT2D eigenvalue weighted by atomic mass is 32.1. The monoisotopic (exact) mass is 493 g/mol. The Bertz CT molecular complexity index is 1200. The number of thiophene rings is 1. The maximum atomic E-state index is 13.3. The smallest absolute Gasteiger partial charge is 0.255 e. The Hall–Kier alpha value is -3.56. The second kappa shape index (κ2) is 11.2. The maximum absolute atomic E-state index is 13.3. The molecule has 1 saturated heterocycles. The number of hydrogen-bond acceptors (Lipinski definition) is 7. The van der Waals surface area contributed by atoms with Crippen LogP contribution >= 0.6 is 11.3 Å². The van der Waals surface area contributed by atoms with E-state index in [9.17, 15) is 14.4 Å². The molecule has 0 aliphatic carbocycles. The van der Waals surface area contributed by atoms with Crippen molar-refractivity contribution in [2.24, 2.45) is 0 Å². The van der Waals surface area contributed by atoms with E-state index in [1.807, 2.05) is 42.5 Å². The summed E-state index contributed by atoms with van der Waals surface area (Å²) in [7, 11) is 1.61. The van der Waals surface area contributed by atoms with Gasteiger partial charge < -0.3 is 19.3 Å². The maximum Gasteiger partial charge on any atom is 0.255 e. The van der Waals surface area contributed by atoms with E-state index in [4.69, 9.17) is 9.47 Å². The van der Waals surface area contributed by atoms with Gasteiger partial charge in [-0.05, 0) is 42.8 Å². The molecule has 35 heavy (non-hydrogen) atoms. The Morgan fingerprint density at radius 1 is 1.14 bits per heavy atom. The Morgan fingerprint density at radius 2 is 2.00 bits per heavy atom. The van der Waals surface area contributed by atoms with Crippen LogP contribution in [0.25, 0.3) is 0 Å². The predicted octanol–water partition coefficient (Wildman–Crippen LogP) is 3.42. The normalized spacial score (nSPS) is 16.2. The molecule has 0 spiro atoms. The molecule has 0 radical (unpaired) electrons. The number of rotatable bonds is 8. The first-order chi connectivity index (χ1) is 16.9. The van der Waals surface area contributed by atoms with E-state index in [0.717, 1.165) is 17.0 Å². The summed E-state index contributed by atoms with van der Waals surface area (Å²) < 4.78 is 11.5. The predicted molar refractivity (Wildman–Crippen MR) is 131 cm³/mol. The number of ether oxygens (including phenoxy) is 2. The number of ketones is 1. The summed E-state index contributed by atoms with van der Waals surface area (Å²) in [6, 6.07) is 14.7. The van der Waals surface area contributed by atoms with E-state index >= 15 is 0 Å². The van der Waals surface area contributed by atoms with Crippen molar-refractivity contribution in [2.75, 3.05) is 26.7 Å². The third-order valence-electron chi connectivity index (χ3n) is 5.71. The van der Waals surface area contributed by atoms with Crippen LogP contribution in [0.4, 0.5) is 0 Å². The van der Waals surface area contributed by atoms with Crippen LogP contribution in [0.5, 0.6) is 5.75 Å². The molecule has 3 aromatic rings. The van der Waals surface area contributed by atoms with Gasteiger partial charge in [-0.1, -0.05) is 18.2 Å². The number of Topliss-reactive ketones (excluding diaryl/α,β-unsaturated/α-hetero) is 1. The lowest BCUT2D eigenvalue weighted by Gasteiger charge is -2.24. The van der Waals surface area contributed by atoms with Crippen LogP contribution in [-0.2, 0) is 22.7 Å². The Morgan fingerprint density at radius 3 is 2.71 bits per heavy atom. The summed E-state index contributed by atoms with van der Waals surface area (Å²) in [5.41, 5.74) is 2.09. The Labute approximate surface area is 208 Å². The first kappa shape index (κ1) is 24.6. The number of carbonyl (C=O) groups excluding carboxylic acids is 3. The number of pyridine rings is 1. The summed E-state index contributed by atoms with van der Waals surface area (Å²) in [5.74, 6) is 0.159. The highest BCUT2D eigenvalue weighted by molar-refractivity contribution is 7.12. The van der Waals surface area contributed by atoms with E-state index in [0.29, 0.717) is 30.1 Å². The van der Waals surface area contributed by atoms with Gasteiger partial charge in [0.15, 0.2) is 5.78 Å². The minimum absolute atomic E-state index is 0.0735. The van der Waals surface area contributed by atoms with Gasteiger partial charge in [-0.2, -0.15) is 0 Å². The van der Waals surface area contributed by atoms with Gasteiger partial charge >= 0.3 is 0 Å². The van der Waals surface area contributed by atoms with Crippen molar-refractivity contribution in [3.8, 4) is 5.75 Å². The molecular weight excluding hydrogens is 466 g/mol. The zero-order valence-electron chi connectivity index (χ0n) is 19.7. The number of benzene rings is 1. The molecule has 1 fully saturated rings. The molecule has 9 heteroatoms. The molecule has 1 atom stereocenters. The second-order valence-electron chi connectivity index (χ2n) is 8.32. The third kappa shape index (κ3) is 6.32. The highest BCUT2D eigenvalue weighted by Crippen LogP contribution is 2.20. The van der Waals surface area contributed by atoms with Crippen LogP contribution in [0, 0.1) is 0 Å². The van der Waals surface area contributed by atoms with Gasteiger partial charge in [0.2, 0.25) is 5.91 Å². The first-order valence-corrected chi connectivity index (χ1v) is 12.1. The highest BCUT2D eigenvalue weighted by Gasteiger charge is 2.32. The Balaban J connectivity index is 1.54. The van der Waals surface area contributed by atoms with Crippen molar-refractivity contribution in [3.05, 3.63) is 81.8 Å². The van der Waals surface area contributed by atoms with Crippen LogP contribution in [0.1, 0.15) is 38.2 Å². The largest absolute Gasteiger partial charge is 0.497 e. The molecule has 0 N–H and O–H groups in total. The molecule has 2 aromatic heterocycles. The van der Waals surface area contributed by atoms with E-state index in [1.54, 1.807) is 29.7 Å². The van der Waals surface area contributed by atoms with Gasteiger partial charge in [0.05, 0.1) is 42.5 Å². The fraction of sp³-hybridized carbons (Fsp3) is 0.308. The van der Waals surface area contributed by atoms with E-state index in [-0.39, 0.29) is 30.7 Å². The van der Waals surface area contributed by atoms with Gasteiger partial charge in [-0.25, -0.2) is 0 Å². The Kier molecular flexibility index (Phi) is 7.89. The summed E-state index contributed by atoms with van der Waals surface area (Å²) in [6.07, 6.45) is 1.28. The number of amides is 2. The van der Waals surface area contributed by atoms with Crippen molar-refractivity contribution >= 4 is 28.9 Å². The summed E-state index contributed by atoms with van der Waals surface area (Å²) in [6.45, 7) is 2.60. The van der Waals surface area contributed by atoms with Crippen LogP contribution in [0.3, 0.4) is 0 Å². The second-order valence-corrected chi connectivity index (χ2v) is 9.23. The van der Waals surface area contributed by atoms with Crippen molar-refractivity contribution in [1.29, 1.82) is 0 Å². The van der Waals surface area contributed by atoms with Gasteiger partial charge in [-0.15, -0.1) is 11.3 Å². The van der Waals surface area contributed by atoms with Crippen molar-refractivity contribution < 1.29 is 23.9 Å². The van der Waals surface area contributed by atoms with Crippen LogP contribution in [0.15, 0.2) is 60.1 Å². The molecule has 1 aliphatic rings. The lowest BCUT2D eigenvalue weighted by atomic mass is 10.2. The molecule has 182 valence electrons. The van der Waals surface area contributed by atoms with Gasteiger partial charge in [0, 0.05) is 24.7 Å². The summed E-state index contributed by atoms with van der Waals surface area (Å²) in [5, 5.41) is 1.66. The van der Waals surface area contributed by atoms with Crippen molar-refractivity contribution in [3.63, 3.8) is 0 Å². The first-order valence-electron chi connectivity index (χ1n) is 11.2. The number of hydrogen-bond donors (Lipinski definition) is 0. The lowest BCUT2D eigenvalue weighted by Crippen LogP contribution is -2.39. The lowest BCUT2D eigenvalue weighted by molar-refractivity contribution is -0.132. The van der Waals surface area contributed by atoms with Crippen LogP contribution in [0.2, 0.25) is 0 Å². The number of aromatic nitrogens is 1. The van der Waals surface area contributed by atoms with E-state index < -0.39 is 6.10 Å². The minimum Gasteiger partial charge on any atom is -0.497 e. The fourth-order valence-corrected chi connectivity index (χ4v) is 4.65. The van der Waals surface area contributed by atoms with Crippen molar-refractivity contribution in [2.45, 2.75) is 26.2 Å². The zero-order valence-corrected chi connectivity index (χ0v) is 20.5. The molecule has 1 unspecified atom stereocenters. The number of nitrogens with zero attached hydrogens (tertiary/aromatic N) is 3. The molecule has 2 amide bonds. The summed E-state index contributed by atoms with van der Waals surface area (Å²) in [4.78, 5) is 46.2. The molecular formula is C26H27N3O5S. The third-order valence-corrected chi connectivity index (χ3v) is 6.74. The van der Waals surface area contributed by atoms with Gasteiger partial charge in [0.1, 0.15) is 12.3 Å².